The van der Waals surface area contributed by atoms with Gasteiger partial charge in [0.25, 0.3) is 0 Å². The van der Waals surface area contributed by atoms with E-state index in [0.29, 0.717) is 11.0 Å². The number of hydrogen-bond acceptors (Lipinski definition) is 5. The van der Waals surface area contributed by atoms with Crippen LogP contribution in [0.1, 0.15) is 18.3 Å². The summed E-state index contributed by atoms with van der Waals surface area (Å²) >= 11 is 7.73. The summed E-state index contributed by atoms with van der Waals surface area (Å²) < 4.78 is 0. The summed E-state index contributed by atoms with van der Waals surface area (Å²) in [7, 11) is 0. The van der Waals surface area contributed by atoms with Crippen molar-refractivity contribution in [3.8, 4) is 21.8 Å². The Balaban J connectivity index is 1.54. The molecule has 6 heteroatoms. The van der Waals surface area contributed by atoms with E-state index in [2.05, 4.69) is 51.9 Å². The smallest absolute Gasteiger partial charge is 0.135 e. The summed E-state index contributed by atoms with van der Waals surface area (Å²) in [5.74, 6) is 1.41. The maximum absolute atomic E-state index is 6.07. The molecule has 1 N–H and O–H groups in total. The number of hydrogen-bond donors (Lipinski definition) is 1. The average Bonchev–Trinajstić information content (AvgIpc) is 3.18. The predicted octanol–water partition coefficient (Wildman–Crippen LogP) is 6.53. The molecule has 4 aromatic rings. The highest BCUT2D eigenvalue weighted by Gasteiger charge is 2.09. The van der Waals surface area contributed by atoms with Gasteiger partial charge in [-0.1, -0.05) is 54.9 Å². The molecule has 0 aliphatic rings. The van der Waals surface area contributed by atoms with Crippen LogP contribution in [0.5, 0.6) is 0 Å². The topological polar surface area (TPSA) is 50.7 Å². The predicted molar refractivity (Wildman–Crippen MR) is 117 cm³/mol. The Kier molecular flexibility index (Phi) is 5.37. The Hall–Kier alpha value is -2.76. The lowest BCUT2D eigenvalue weighted by Crippen LogP contribution is -1.99. The van der Waals surface area contributed by atoms with Gasteiger partial charge >= 0.3 is 0 Å². The number of anilines is 2. The molecule has 0 aliphatic carbocycles. The lowest BCUT2D eigenvalue weighted by molar-refractivity contribution is 0.943. The standard InChI is InChI=1S/C22H19ClN4S/c1-3-20-26-19(23)12-21(27-20)24-16-10-8-15(9-11-16)18-13-28-22(25-18)17-7-5-4-6-14(17)2/h4-13H,3H2,1-2H3,(H,24,26,27). The molecule has 0 bridgehead atoms. The lowest BCUT2D eigenvalue weighted by Gasteiger charge is -2.08. The molecule has 0 spiro atoms. The second-order valence-corrected chi connectivity index (χ2v) is 7.65. The Bertz CT molecular complexity index is 1110. The van der Waals surface area contributed by atoms with Gasteiger partial charge in [-0.15, -0.1) is 11.3 Å². The third-order valence-electron chi connectivity index (χ3n) is 4.39. The molecule has 0 saturated heterocycles. The molecule has 2 heterocycles. The van der Waals surface area contributed by atoms with Crippen molar-refractivity contribution in [3.63, 3.8) is 0 Å². The molecule has 0 unspecified atom stereocenters. The minimum Gasteiger partial charge on any atom is -0.340 e. The first kappa shape index (κ1) is 18.6. The summed E-state index contributed by atoms with van der Waals surface area (Å²) in [6, 6.07) is 18.2. The van der Waals surface area contributed by atoms with Crippen LogP contribution in [0.2, 0.25) is 5.15 Å². The number of nitrogens with zero attached hydrogens (tertiary/aromatic N) is 3. The van der Waals surface area contributed by atoms with Gasteiger partial charge in [-0.3, -0.25) is 0 Å². The van der Waals surface area contributed by atoms with Gasteiger partial charge in [-0.2, -0.15) is 0 Å². The lowest BCUT2D eigenvalue weighted by atomic mass is 10.1. The first-order valence-electron chi connectivity index (χ1n) is 9.05. The molecule has 0 radical (unpaired) electrons. The van der Waals surface area contributed by atoms with E-state index in [1.54, 1.807) is 17.4 Å². The maximum Gasteiger partial charge on any atom is 0.135 e. The number of nitrogens with one attached hydrogen (secondary N) is 1. The highest BCUT2D eigenvalue weighted by atomic mass is 35.5. The molecule has 0 amide bonds. The Morgan fingerprint density at radius 1 is 1.00 bits per heavy atom. The van der Waals surface area contributed by atoms with Crippen molar-refractivity contribution in [1.29, 1.82) is 0 Å². The van der Waals surface area contributed by atoms with E-state index in [1.807, 2.05) is 31.2 Å². The van der Waals surface area contributed by atoms with Gasteiger partial charge in [0.2, 0.25) is 0 Å². The third kappa shape index (κ3) is 4.06. The zero-order valence-electron chi connectivity index (χ0n) is 15.6. The van der Waals surface area contributed by atoms with E-state index in [0.717, 1.165) is 34.2 Å². The number of aromatic nitrogens is 3. The number of rotatable bonds is 5. The van der Waals surface area contributed by atoms with Crippen LogP contribution in [0.4, 0.5) is 11.5 Å². The fraction of sp³-hybridized carbons (Fsp3) is 0.136. The first-order valence-corrected chi connectivity index (χ1v) is 10.3. The summed E-state index contributed by atoms with van der Waals surface area (Å²) in [6.07, 6.45) is 0.737. The van der Waals surface area contributed by atoms with E-state index in [9.17, 15) is 0 Å². The van der Waals surface area contributed by atoms with Crippen LogP contribution in [-0.2, 0) is 6.42 Å². The van der Waals surface area contributed by atoms with Crippen molar-refractivity contribution in [2.45, 2.75) is 20.3 Å². The zero-order chi connectivity index (χ0) is 19.5. The highest BCUT2D eigenvalue weighted by molar-refractivity contribution is 7.13. The van der Waals surface area contributed by atoms with Crippen LogP contribution in [0, 0.1) is 6.92 Å². The second-order valence-electron chi connectivity index (χ2n) is 6.40. The molecule has 0 atom stereocenters. The molecule has 28 heavy (non-hydrogen) atoms. The molecule has 0 saturated carbocycles. The van der Waals surface area contributed by atoms with E-state index in [4.69, 9.17) is 16.6 Å². The third-order valence-corrected chi connectivity index (χ3v) is 5.46. The van der Waals surface area contributed by atoms with Crippen LogP contribution in [0.3, 0.4) is 0 Å². The molecule has 2 aromatic heterocycles. The summed E-state index contributed by atoms with van der Waals surface area (Å²) in [5, 5.41) is 6.86. The average molecular weight is 407 g/mol. The Labute approximate surface area is 173 Å². The molecular formula is C22H19ClN4S. The van der Waals surface area contributed by atoms with Crippen molar-refractivity contribution >= 4 is 34.4 Å². The van der Waals surface area contributed by atoms with Crippen molar-refractivity contribution < 1.29 is 0 Å². The maximum atomic E-state index is 6.07. The summed E-state index contributed by atoms with van der Waals surface area (Å²) in [5.41, 5.74) is 5.42. The zero-order valence-corrected chi connectivity index (χ0v) is 17.2. The SMILES string of the molecule is CCc1nc(Cl)cc(Nc2ccc(-c3csc(-c4ccccc4C)n3)cc2)n1. The quantitative estimate of drug-likeness (QED) is 0.382. The highest BCUT2D eigenvalue weighted by Crippen LogP contribution is 2.31. The number of benzene rings is 2. The Morgan fingerprint density at radius 2 is 1.79 bits per heavy atom. The van der Waals surface area contributed by atoms with E-state index >= 15 is 0 Å². The molecule has 0 aliphatic heterocycles. The summed E-state index contributed by atoms with van der Waals surface area (Å²) in [6.45, 7) is 4.11. The van der Waals surface area contributed by atoms with Crippen molar-refractivity contribution in [2.24, 2.45) is 0 Å². The van der Waals surface area contributed by atoms with Crippen molar-refractivity contribution in [3.05, 3.63) is 76.5 Å². The fourth-order valence-electron chi connectivity index (χ4n) is 2.90. The van der Waals surface area contributed by atoms with Gasteiger partial charge in [0, 0.05) is 34.7 Å². The molecule has 4 rings (SSSR count). The number of thiazole rings is 1. The Morgan fingerprint density at radius 3 is 2.54 bits per heavy atom. The van der Waals surface area contributed by atoms with Gasteiger partial charge in [-0.05, 0) is 24.6 Å². The molecule has 2 aromatic carbocycles. The van der Waals surface area contributed by atoms with Crippen molar-refractivity contribution in [2.75, 3.05) is 5.32 Å². The molecule has 0 fully saturated rings. The first-order chi connectivity index (χ1) is 13.6. The van der Waals surface area contributed by atoms with E-state index in [1.165, 1.54) is 11.1 Å². The monoisotopic (exact) mass is 406 g/mol. The minimum atomic E-state index is 0.442. The van der Waals surface area contributed by atoms with Gasteiger partial charge in [-0.25, -0.2) is 15.0 Å². The normalized spacial score (nSPS) is 10.8. The summed E-state index contributed by atoms with van der Waals surface area (Å²) in [4.78, 5) is 13.5. The molecule has 4 nitrogen and oxygen atoms in total. The number of aryl methyl sites for hydroxylation is 2. The second kappa shape index (κ2) is 8.09. The van der Waals surface area contributed by atoms with Crippen LogP contribution < -0.4 is 5.32 Å². The largest absolute Gasteiger partial charge is 0.340 e. The van der Waals surface area contributed by atoms with Crippen molar-refractivity contribution in [1.82, 2.24) is 15.0 Å². The van der Waals surface area contributed by atoms with Crippen LogP contribution in [-0.4, -0.2) is 15.0 Å². The van der Waals surface area contributed by atoms with Gasteiger partial charge in [0.05, 0.1) is 5.69 Å². The number of halogens is 1. The van der Waals surface area contributed by atoms with E-state index < -0.39 is 0 Å². The van der Waals surface area contributed by atoms with Gasteiger partial charge < -0.3 is 5.32 Å². The van der Waals surface area contributed by atoms with Gasteiger partial charge in [0.1, 0.15) is 21.8 Å². The van der Waals surface area contributed by atoms with Gasteiger partial charge in [0.15, 0.2) is 0 Å². The minimum absolute atomic E-state index is 0.442. The van der Waals surface area contributed by atoms with Crippen LogP contribution in [0.15, 0.2) is 60.0 Å². The molecular weight excluding hydrogens is 388 g/mol. The molecule has 140 valence electrons. The fourth-order valence-corrected chi connectivity index (χ4v) is 4.02. The van der Waals surface area contributed by atoms with Crippen LogP contribution >= 0.6 is 22.9 Å². The van der Waals surface area contributed by atoms with E-state index in [-0.39, 0.29) is 0 Å². The van der Waals surface area contributed by atoms with Crippen LogP contribution in [0.25, 0.3) is 21.8 Å².